The number of carbonyl (C=O) groups excluding carboxylic acids is 1. The molecule has 0 N–H and O–H groups in total. The summed E-state index contributed by atoms with van der Waals surface area (Å²) in [5, 5.41) is 8.71. The van der Waals surface area contributed by atoms with Crippen molar-refractivity contribution in [2.24, 2.45) is 0 Å². The van der Waals surface area contributed by atoms with Crippen LogP contribution in [0.3, 0.4) is 0 Å². The third kappa shape index (κ3) is 3.81. The van der Waals surface area contributed by atoms with E-state index in [-0.39, 0.29) is 16.4 Å². The molecule has 1 aliphatic rings. The summed E-state index contributed by atoms with van der Waals surface area (Å²) >= 11 is 3.68. The highest BCUT2D eigenvalue weighted by atomic mass is 79.9. The van der Waals surface area contributed by atoms with Crippen molar-refractivity contribution in [2.45, 2.75) is 43.0 Å². The predicted molar refractivity (Wildman–Crippen MR) is 76.2 cm³/mol. The Bertz CT molecular complexity index is 492. The molecule has 0 bridgehead atoms. The molecular formula is C15H16BrNO2. The summed E-state index contributed by atoms with van der Waals surface area (Å²) in [6.07, 6.45) is 3.82. The maximum Gasteiger partial charge on any atom is 0.338 e. The van der Waals surface area contributed by atoms with Gasteiger partial charge in [-0.2, -0.15) is 5.26 Å². The quantitative estimate of drug-likeness (QED) is 0.614. The Morgan fingerprint density at radius 3 is 2.47 bits per heavy atom. The van der Waals surface area contributed by atoms with Crippen LogP contribution >= 0.6 is 15.9 Å². The fraction of sp³-hybridized carbons (Fsp3) is 0.467. The molecule has 0 radical (unpaired) electrons. The van der Waals surface area contributed by atoms with Crippen molar-refractivity contribution in [3.63, 3.8) is 0 Å². The number of nitrogens with zero attached hydrogens (tertiary/aromatic N) is 1. The van der Waals surface area contributed by atoms with Gasteiger partial charge in [0.15, 0.2) is 0 Å². The highest BCUT2D eigenvalue weighted by molar-refractivity contribution is 9.10. The van der Waals surface area contributed by atoms with Gasteiger partial charge in [-0.1, -0.05) is 15.9 Å². The summed E-state index contributed by atoms with van der Waals surface area (Å²) in [7, 11) is 0. The summed E-state index contributed by atoms with van der Waals surface area (Å²) < 4.78 is 5.69. The average molecular weight is 322 g/mol. The van der Waals surface area contributed by atoms with Gasteiger partial charge < -0.3 is 4.74 Å². The summed E-state index contributed by atoms with van der Waals surface area (Å²) in [5.41, 5.74) is 1.05. The van der Waals surface area contributed by atoms with E-state index in [9.17, 15) is 4.79 Å². The second-order valence-electron chi connectivity index (χ2n) is 5.21. The number of carbonyl (C=O) groups is 1. The molecule has 1 saturated carbocycles. The lowest BCUT2D eigenvalue weighted by atomic mass is 9.88. The largest absolute Gasteiger partial charge is 0.459 e. The average Bonchev–Trinajstić information content (AvgIpc) is 2.41. The Morgan fingerprint density at radius 2 is 1.95 bits per heavy atom. The third-order valence-electron chi connectivity index (χ3n) is 3.50. The van der Waals surface area contributed by atoms with Crippen molar-refractivity contribution in [2.75, 3.05) is 0 Å². The van der Waals surface area contributed by atoms with Gasteiger partial charge in [-0.15, -0.1) is 0 Å². The molecule has 0 heterocycles. The zero-order valence-electron chi connectivity index (χ0n) is 10.9. The standard InChI is InChI=1S/C15H16BrNO2/c1-15(16)8-6-13(7-9-15)19-14(18)12-4-2-11(10-17)3-5-12/h2-5,13H,6-9H2,1H3. The van der Waals surface area contributed by atoms with Crippen LogP contribution in [-0.2, 0) is 4.74 Å². The van der Waals surface area contributed by atoms with Crippen LogP contribution in [0.2, 0.25) is 0 Å². The van der Waals surface area contributed by atoms with Gasteiger partial charge in [-0.3, -0.25) is 0 Å². The van der Waals surface area contributed by atoms with Gasteiger partial charge in [-0.05, 0) is 56.9 Å². The van der Waals surface area contributed by atoms with Crippen LogP contribution in [0.25, 0.3) is 0 Å². The minimum absolute atomic E-state index is 0.00812. The number of halogens is 1. The first kappa shape index (κ1) is 14.1. The first-order valence-corrected chi connectivity index (χ1v) is 7.19. The van der Waals surface area contributed by atoms with Gasteiger partial charge in [0.2, 0.25) is 0 Å². The van der Waals surface area contributed by atoms with Crippen molar-refractivity contribution in [1.29, 1.82) is 5.26 Å². The van der Waals surface area contributed by atoms with Gasteiger partial charge >= 0.3 is 5.97 Å². The van der Waals surface area contributed by atoms with Crippen LogP contribution in [0, 0.1) is 11.3 Å². The van der Waals surface area contributed by atoms with Gasteiger partial charge in [0.1, 0.15) is 6.10 Å². The summed E-state index contributed by atoms with van der Waals surface area (Å²) in [6, 6.07) is 8.56. The number of ether oxygens (including phenoxy) is 1. The molecule has 0 saturated heterocycles. The number of hydrogen-bond acceptors (Lipinski definition) is 3. The van der Waals surface area contributed by atoms with E-state index in [2.05, 4.69) is 22.9 Å². The molecule has 19 heavy (non-hydrogen) atoms. The minimum Gasteiger partial charge on any atom is -0.459 e. The Hall–Kier alpha value is -1.34. The normalized spacial score (nSPS) is 26.5. The fourth-order valence-corrected chi connectivity index (χ4v) is 2.67. The molecule has 0 spiro atoms. The second-order valence-corrected chi connectivity index (χ2v) is 7.12. The number of hydrogen-bond donors (Lipinski definition) is 0. The molecule has 1 aromatic carbocycles. The molecule has 2 rings (SSSR count). The van der Waals surface area contributed by atoms with Crippen LogP contribution in [0.5, 0.6) is 0 Å². The van der Waals surface area contributed by atoms with E-state index in [1.54, 1.807) is 24.3 Å². The molecule has 4 heteroatoms. The van der Waals surface area contributed by atoms with Crippen LogP contribution in [0.15, 0.2) is 24.3 Å². The summed E-state index contributed by atoms with van der Waals surface area (Å²) in [6.45, 7) is 2.17. The van der Waals surface area contributed by atoms with E-state index >= 15 is 0 Å². The molecule has 0 amide bonds. The summed E-state index contributed by atoms with van der Waals surface area (Å²) in [4.78, 5) is 12.0. The van der Waals surface area contributed by atoms with Crippen molar-refractivity contribution >= 4 is 21.9 Å². The first-order chi connectivity index (χ1) is 9.00. The van der Waals surface area contributed by atoms with Crippen LogP contribution in [0.1, 0.15) is 48.5 Å². The van der Waals surface area contributed by atoms with E-state index in [1.807, 2.05) is 6.07 Å². The van der Waals surface area contributed by atoms with Crippen LogP contribution in [-0.4, -0.2) is 16.4 Å². The zero-order chi connectivity index (χ0) is 13.9. The Labute approximate surface area is 121 Å². The Morgan fingerprint density at radius 1 is 1.37 bits per heavy atom. The van der Waals surface area contributed by atoms with Crippen molar-refractivity contribution in [3.8, 4) is 6.07 Å². The molecule has 1 aliphatic carbocycles. The summed E-state index contributed by atoms with van der Waals surface area (Å²) in [5.74, 6) is -0.298. The Kier molecular flexibility index (Phi) is 4.26. The van der Waals surface area contributed by atoms with E-state index in [0.29, 0.717) is 11.1 Å². The SMILES string of the molecule is CC1(Br)CCC(OC(=O)c2ccc(C#N)cc2)CC1. The molecule has 1 aromatic rings. The third-order valence-corrected chi connectivity index (χ3v) is 4.29. The monoisotopic (exact) mass is 321 g/mol. The van der Waals surface area contributed by atoms with E-state index < -0.39 is 0 Å². The number of benzene rings is 1. The lowest BCUT2D eigenvalue weighted by molar-refractivity contribution is 0.0191. The van der Waals surface area contributed by atoms with Gasteiger partial charge in [0.05, 0.1) is 17.2 Å². The highest BCUT2D eigenvalue weighted by Gasteiger charge is 2.30. The second kappa shape index (κ2) is 5.75. The topological polar surface area (TPSA) is 50.1 Å². The first-order valence-electron chi connectivity index (χ1n) is 6.40. The predicted octanol–water partition coefficient (Wildman–Crippen LogP) is 3.81. The van der Waals surface area contributed by atoms with E-state index in [0.717, 1.165) is 25.7 Å². The minimum atomic E-state index is -0.298. The van der Waals surface area contributed by atoms with Gasteiger partial charge in [-0.25, -0.2) is 4.79 Å². The van der Waals surface area contributed by atoms with Crippen LogP contribution in [0.4, 0.5) is 0 Å². The number of esters is 1. The molecule has 0 aliphatic heterocycles. The number of rotatable bonds is 2. The lowest BCUT2D eigenvalue weighted by Gasteiger charge is -2.32. The molecule has 0 atom stereocenters. The highest BCUT2D eigenvalue weighted by Crippen LogP contribution is 2.36. The molecule has 3 nitrogen and oxygen atoms in total. The lowest BCUT2D eigenvalue weighted by Crippen LogP contribution is -2.30. The van der Waals surface area contributed by atoms with Gasteiger partial charge in [0.25, 0.3) is 0 Å². The van der Waals surface area contributed by atoms with Crippen molar-refractivity contribution in [3.05, 3.63) is 35.4 Å². The molecular weight excluding hydrogens is 306 g/mol. The van der Waals surface area contributed by atoms with Gasteiger partial charge in [0, 0.05) is 4.32 Å². The molecule has 0 aromatic heterocycles. The smallest absolute Gasteiger partial charge is 0.338 e. The van der Waals surface area contributed by atoms with Crippen LogP contribution < -0.4 is 0 Å². The van der Waals surface area contributed by atoms with E-state index in [4.69, 9.17) is 10.00 Å². The maximum atomic E-state index is 12.0. The van der Waals surface area contributed by atoms with E-state index in [1.165, 1.54) is 0 Å². The van der Waals surface area contributed by atoms with Crippen molar-refractivity contribution in [1.82, 2.24) is 0 Å². The number of alkyl halides is 1. The molecule has 1 fully saturated rings. The van der Waals surface area contributed by atoms with Crippen molar-refractivity contribution < 1.29 is 9.53 Å². The zero-order valence-corrected chi connectivity index (χ0v) is 12.4. The number of nitriles is 1. The fourth-order valence-electron chi connectivity index (χ4n) is 2.21. The molecule has 0 unspecified atom stereocenters. The molecule has 100 valence electrons. The maximum absolute atomic E-state index is 12.0. The Balaban J connectivity index is 1.92.